The highest BCUT2D eigenvalue weighted by Gasteiger charge is 2.27. The smallest absolute Gasteiger partial charge is 0.303 e. The lowest BCUT2D eigenvalue weighted by Gasteiger charge is -2.13. The summed E-state index contributed by atoms with van der Waals surface area (Å²) in [5, 5.41) is 11.4. The number of carbonyl (C=O) groups excluding carboxylic acids is 2. The van der Waals surface area contributed by atoms with Crippen LogP contribution in [-0.2, 0) is 14.4 Å². The Hall–Kier alpha value is -1.43. The molecule has 2 N–H and O–H groups in total. The molecule has 0 aromatic heterocycles. The molecule has 1 fully saturated rings. The highest BCUT2D eigenvalue weighted by molar-refractivity contribution is 6.01. The molecule has 0 aromatic carbocycles. The Labute approximate surface area is 93.6 Å². The second-order valence-corrected chi connectivity index (χ2v) is 3.69. The van der Waals surface area contributed by atoms with Crippen molar-refractivity contribution in [2.75, 3.05) is 19.6 Å². The topological polar surface area (TPSA) is 86.7 Å². The van der Waals surface area contributed by atoms with Crippen LogP contribution < -0.4 is 5.32 Å². The Balaban J connectivity index is 2.05. The Morgan fingerprint density at radius 1 is 1.25 bits per heavy atom. The van der Waals surface area contributed by atoms with Crippen molar-refractivity contribution in [3.63, 3.8) is 0 Å². The number of carbonyl (C=O) groups is 3. The fourth-order valence-electron chi connectivity index (χ4n) is 1.55. The van der Waals surface area contributed by atoms with Crippen molar-refractivity contribution in [3.8, 4) is 0 Å². The number of hydrogen-bond donors (Lipinski definition) is 2. The highest BCUT2D eigenvalue weighted by atomic mass is 16.4. The van der Waals surface area contributed by atoms with Gasteiger partial charge < -0.3 is 10.4 Å². The summed E-state index contributed by atoms with van der Waals surface area (Å²) in [7, 11) is 0. The summed E-state index contributed by atoms with van der Waals surface area (Å²) in [4.78, 5) is 33.8. The second kappa shape index (κ2) is 6.22. The molecule has 0 aliphatic carbocycles. The molecule has 0 spiro atoms. The third kappa shape index (κ3) is 3.98. The van der Waals surface area contributed by atoms with E-state index in [9.17, 15) is 14.4 Å². The summed E-state index contributed by atoms with van der Waals surface area (Å²) in [6, 6.07) is 0. The number of carboxylic acid groups (broad SMARTS) is 1. The Morgan fingerprint density at radius 3 is 2.44 bits per heavy atom. The number of amides is 2. The van der Waals surface area contributed by atoms with E-state index >= 15 is 0 Å². The standard InChI is InChI=1S/C10H16N2O4/c13-8-3-4-9(14)12(8)7-6-11-5-1-2-10(15)16/h11H,1-7H2,(H,15,16). The number of imide groups is 1. The molecule has 1 aliphatic heterocycles. The van der Waals surface area contributed by atoms with Crippen molar-refractivity contribution in [1.29, 1.82) is 0 Å². The van der Waals surface area contributed by atoms with Crippen LogP contribution in [0.1, 0.15) is 25.7 Å². The van der Waals surface area contributed by atoms with Gasteiger partial charge in [0.05, 0.1) is 0 Å². The number of hydrogen-bond acceptors (Lipinski definition) is 4. The van der Waals surface area contributed by atoms with E-state index in [1.54, 1.807) is 0 Å². The maximum atomic E-state index is 11.2. The van der Waals surface area contributed by atoms with E-state index in [4.69, 9.17) is 5.11 Å². The third-order valence-electron chi connectivity index (χ3n) is 2.41. The molecule has 6 heteroatoms. The van der Waals surface area contributed by atoms with Gasteiger partial charge in [-0.3, -0.25) is 19.3 Å². The fourth-order valence-corrected chi connectivity index (χ4v) is 1.55. The lowest BCUT2D eigenvalue weighted by atomic mass is 10.3. The number of nitrogens with zero attached hydrogens (tertiary/aromatic N) is 1. The van der Waals surface area contributed by atoms with Gasteiger partial charge in [0.15, 0.2) is 0 Å². The summed E-state index contributed by atoms with van der Waals surface area (Å²) in [6.45, 7) is 1.49. The second-order valence-electron chi connectivity index (χ2n) is 3.69. The van der Waals surface area contributed by atoms with E-state index < -0.39 is 5.97 Å². The van der Waals surface area contributed by atoms with Crippen molar-refractivity contribution < 1.29 is 19.5 Å². The van der Waals surface area contributed by atoms with Gasteiger partial charge in [0, 0.05) is 32.4 Å². The Morgan fingerprint density at radius 2 is 1.88 bits per heavy atom. The summed E-state index contributed by atoms with van der Waals surface area (Å²) in [5.41, 5.74) is 0. The molecule has 1 rings (SSSR count). The predicted molar refractivity (Wildman–Crippen MR) is 55.7 cm³/mol. The summed E-state index contributed by atoms with van der Waals surface area (Å²) in [6.07, 6.45) is 1.32. The van der Waals surface area contributed by atoms with Gasteiger partial charge in [-0.2, -0.15) is 0 Å². The number of nitrogens with one attached hydrogen (secondary N) is 1. The van der Waals surface area contributed by atoms with Crippen molar-refractivity contribution >= 4 is 17.8 Å². The van der Waals surface area contributed by atoms with Crippen LogP contribution in [0.5, 0.6) is 0 Å². The van der Waals surface area contributed by atoms with Crippen molar-refractivity contribution in [1.82, 2.24) is 10.2 Å². The molecule has 1 heterocycles. The van der Waals surface area contributed by atoms with Crippen LogP contribution in [0.4, 0.5) is 0 Å². The lowest BCUT2D eigenvalue weighted by Crippen LogP contribution is -2.36. The molecule has 0 aromatic rings. The molecule has 0 atom stereocenters. The van der Waals surface area contributed by atoms with Crippen LogP contribution in [0.3, 0.4) is 0 Å². The molecule has 0 radical (unpaired) electrons. The molecular weight excluding hydrogens is 212 g/mol. The number of likely N-dealkylation sites (tertiary alicyclic amines) is 1. The largest absolute Gasteiger partial charge is 0.481 e. The molecule has 16 heavy (non-hydrogen) atoms. The summed E-state index contributed by atoms with van der Waals surface area (Å²) < 4.78 is 0. The van der Waals surface area contributed by atoms with Gasteiger partial charge in [-0.25, -0.2) is 0 Å². The maximum Gasteiger partial charge on any atom is 0.303 e. The van der Waals surface area contributed by atoms with Crippen molar-refractivity contribution in [2.24, 2.45) is 0 Å². The van der Waals surface area contributed by atoms with Crippen LogP contribution >= 0.6 is 0 Å². The molecule has 1 saturated heterocycles. The average molecular weight is 228 g/mol. The zero-order valence-electron chi connectivity index (χ0n) is 9.07. The molecule has 0 bridgehead atoms. The van der Waals surface area contributed by atoms with E-state index in [0.717, 1.165) is 0 Å². The van der Waals surface area contributed by atoms with Gasteiger partial charge in [-0.05, 0) is 13.0 Å². The molecule has 2 amide bonds. The first-order valence-electron chi connectivity index (χ1n) is 5.37. The first-order chi connectivity index (χ1) is 7.61. The van der Waals surface area contributed by atoms with Gasteiger partial charge in [0.1, 0.15) is 0 Å². The molecule has 1 aliphatic rings. The fraction of sp³-hybridized carbons (Fsp3) is 0.700. The Bertz CT molecular complexity index is 275. The minimum absolute atomic E-state index is 0.114. The van der Waals surface area contributed by atoms with E-state index in [0.29, 0.717) is 38.9 Å². The van der Waals surface area contributed by atoms with E-state index in [-0.39, 0.29) is 18.2 Å². The first-order valence-corrected chi connectivity index (χ1v) is 5.37. The van der Waals surface area contributed by atoms with Crippen molar-refractivity contribution in [2.45, 2.75) is 25.7 Å². The summed E-state index contributed by atoms with van der Waals surface area (Å²) >= 11 is 0. The summed E-state index contributed by atoms with van der Waals surface area (Å²) in [5.74, 6) is -1.04. The maximum absolute atomic E-state index is 11.2. The molecule has 0 unspecified atom stereocenters. The van der Waals surface area contributed by atoms with Gasteiger partial charge >= 0.3 is 5.97 Å². The van der Waals surface area contributed by atoms with Gasteiger partial charge in [0.25, 0.3) is 0 Å². The zero-order chi connectivity index (χ0) is 12.0. The van der Waals surface area contributed by atoms with Crippen LogP contribution in [0, 0.1) is 0 Å². The van der Waals surface area contributed by atoms with Crippen LogP contribution in [0.2, 0.25) is 0 Å². The number of carboxylic acids is 1. The first kappa shape index (κ1) is 12.6. The monoisotopic (exact) mass is 228 g/mol. The van der Waals surface area contributed by atoms with E-state index in [1.807, 2.05) is 0 Å². The van der Waals surface area contributed by atoms with Gasteiger partial charge in [-0.1, -0.05) is 0 Å². The minimum atomic E-state index is -0.813. The number of rotatable bonds is 7. The Kier molecular flexibility index (Phi) is 4.91. The van der Waals surface area contributed by atoms with Gasteiger partial charge in [-0.15, -0.1) is 0 Å². The van der Waals surface area contributed by atoms with Gasteiger partial charge in [0.2, 0.25) is 11.8 Å². The molecule has 6 nitrogen and oxygen atoms in total. The quantitative estimate of drug-likeness (QED) is 0.457. The average Bonchev–Trinajstić information content (AvgIpc) is 2.53. The highest BCUT2D eigenvalue weighted by Crippen LogP contribution is 2.10. The van der Waals surface area contributed by atoms with Crippen molar-refractivity contribution in [3.05, 3.63) is 0 Å². The molecule has 90 valence electrons. The minimum Gasteiger partial charge on any atom is -0.481 e. The van der Waals surface area contributed by atoms with E-state index in [1.165, 1.54) is 4.90 Å². The number of aliphatic carboxylic acids is 1. The van der Waals surface area contributed by atoms with Crippen LogP contribution in [0.25, 0.3) is 0 Å². The molecule has 0 saturated carbocycles. The normalized spacial score (nSPS) is 15.9. The zero-order valence-corrected chi connectivity index (χ0v) is 9.07. The SMILES string of the molecule is O=C(O)CCCNCCN1C(=O)CCC1=O. The predicted octanol–water partition coefficient (Wildman–Crippen LogP) is -0.410. The third-order valence-corrected chi connectivity index (χ3v) is 2.41. The van der Waals surface area contributed by atoms with Crippen LogP contribution in [-0.4, -0.2) is 47.4 Å². The van der Waals surface area contributed by atoms with E-state index in [2.05, 4.69) is 5.32 Å². The van der Waals surface area contributed by atoms with Crippen LogP contribution in [0.15, 0.2) is 0 Å². The lowest BCUT2D eigenvalue weighted by molar-refractivity contribution is -0.138. The molecular formula is C10H16N2O4.